The maximum absolute atomic E-state index is 13.4. The molecule has 8 nitrogen and oxygen atoms in total. The molecule has 262 valence electrons. The van der Waals surface area contributed by atoms with Crippen molar-refractivity contribution in [3.8, 4) is 0 Å². The molecule has 4 aliphatic rings. The van der Waals surface area contributed by atoms with Crippen LogP contribution in [0.4, 0.5) is 22.0 Å². The number of hydrogen-bond donors (Lipinski definition) is 0. The maximum Gasteiger partial charge on any atom is 0.432 e. The first-order valence-electron chi connectivity index (χ1n) is 15.2. The van der Waals surface area contributed by atoms with Gasteiger partial charge in [-0.3, -0.25) is 9.59 Å². The molecular weight excluding hydrogens is 695 g/mol. The van der Waals surface area contributed by atoms with Crippen molar-refractivity contribution >= 4 is 38.7 Å². The summed E-state index contributed by atoms with van der Waals surface area (Å²) >= 11 is 0. The molecule has 0 N–H and O–H groups in total. The Bertz CT molecular complexity index is 1640. The van der Waals surface area contributed by atoms with E-state index in [2.05, 4.69) is 100 Å². The van der Waals surface area contributed by atoms with Crippen molar-refractivity contribution in [2.24, 2.45) is 23.2 Å². The Hall–Kier alpha value is -3.82. The van der Waals surface area contributed by atoms with Crippen LogP contribution >= 0.6 is 0 Å². The summed E-state index contributed by atoms with van der Waals surface area (Å²) in [7, 11) is -6.83. The van der Waals surface area contributed by atoms with Crippen LogP contribution in [-0.2, 0) is 44.9 Å². The van der Waals surface area contributed by atoms with Crippen LogP contribution in [0.25, 0.3) is 0 Å². The number of halogens is 5. The molecular formula is C34H31F5O8S2. The highest BCUT2D eigenvalue weighted by atomic mass is 32.2. The van der Waals surface area contributed by atoms with Crippen LogP contribution in [0.2, 0.25) is 0 Å². The van der Waals surface area contributed by atoms with Crippen molar-refractivity contribution in [1.29, 1.82) is 0 Å². The van der Waals surface area contributed by atoms with Gasteiger partial charge in [0.1, 0.15) is 5.78 Å². The molecule has 7 rings (SSSR count). The number of alkyl halides is 5. The second-order valence-corrected chi connectivity index (χ2v) is 15.8. The number of ketones is 1. The lowest BCUT2D eigenvalue weighted by Gasteiger charge is -2.53. The van der Waals surface area contributed by atoms with E-state index in [1.807, 2.05) is 0 Å². The van der Waals surface area contributed by atoms with Crippen LogP contribution in [0.1, 0.15) is 32.1 Å². The third-order valence-electron chi connectivity index (χ3n) is 8.87. The standard InChI is InChI=1S/C18H15S.C16H17F5O8S/c1-4-10-16(11-5-1)19(17-12-6-2-7-13-17)18-14-8-3-9-15-18;17-15(18,19)12(16(20,21)30(25,26)27)29-10(22)6-28-13(24)14-3-7-1-8(4-14)11(23)9(2-7)5-14/h1-15H;7-9,12H,1-6H2,(H,25,26,27)/q+1;/p-1. The first-order valence-corrected chi connectivity index (χ1v) is 17.8. The monoisotopic (exact) mass is 726 g/mol. The van der Waals surface area contributed by atoms with Gasteiger partial charge in [-0.15, -0.1) is 0 Å². The normalized spacial score (nSPS) is 23.7. The van der Waals surface area contributed by atoms with E-state index in [0.717, 1.165) is 0 Å². The van der Waals surface area contributed by atoms with E-state index >= 15 is 0 Å². The molecule has 0 amide bonds. The second kappa shape index (κ2) is 14.2. The molecule has 3 aromatic carbocycles. The van der Waals surface area contributed by atoms with E-state index in [1.54, 1.807) is 0 Å². The zero-order valence-electron chi connectivity index (χ0n) is 25.7. The van der Waals surface area contributed by atoms with Crippen molar-refractivity contribution < 1.29 is 58.8 Å². The highest BCUT2D eigenvalue weighted by molar-refractivity contribution is 7.97. The summed E-state index contributed by atoms with van der Waals surface area (Å²) in [6.07, 6.45) is -8.68. The number of carbonyl (C=O) groups is 3. The third kappa shape index (κ3) is 7.99. The van der Waals surface area contributed by atoms with Gasteiger partial charge in [0, 0.05) is 11.8 Å². The molecule has 4 saturated carbocycles. The van der Waals surface area contributed by atoms with Gasteiger partial charge in [0.2, 0.25) is 0 Å². The number of esters is 2. The predicted octanol–water partition coefficient (Wildman–Crippen LogP) is 6.32. The molecule has 4 bridgehead atoms. The molecule has 3 aromatic rings. The number of hydrogen-bond acceptors (Lipinski definition) is 8. The lowest BCUT2D eigenvalue weighted by atomic mass is 9.49. The molecule has 0 heterocycles. The summed E-state index contributed by atoms with van der Waals surface area (Å²) < 4.78 is 104. The molecule has 4 aliphatic carbocycles. The summed E-state index contributed by atoms with van der Waals surface area (Å²) in [5.41, 5.74) is -1.09. The molecule has 3 atom stereocenters. The summed E-state index contributed by atoms with van der Waals surface area (Å²) in [4.78, 5) is 40.3. The fraction of sp³-hybridized carbons (Fsp3) is 0.382. The Kier molecular flexibility index (Phi) is 10.6. The average Bonchev–Trinajstić information content (AvgIpc) is 3.05. The lowest BCUT2D eigenvalue weighted by Crippen LogP contribution is -2.55. The fourth-order valence-electron chi connectivity index (χ4n) is 6.98. The molecule has 0 saturated heterocycles. The Morgan fingerprint density at radius 3 is 1.61 bits per heavy atom. The minimum Gasteiger partial charge on any atom is -0.743 e. The zero-order chi connectivity index (χ0) is 35.6. The largest absolute Gasteiger partial charge is 0.743 e. The summed E-state index contributed by atoms with van der Waals surface area (Å²) in [5.74, 6) is -3.61. The van der Waals surface area contributed by atoms with Gasteiger partial charge in [0.25, 0.3) is 6.10 Å². The quantitative estimate of drug-likeness (QED) is 0.109. The highest BCUT2D eigenvalue weighted by Crippen LogP contribution is 2.59. The van der Waals surface area contributed by atoms with Gasteiger partial charge in [-0.2, -0.15) is 22.0 Å². The number of ether oxygens (including phenoxy) is 2. The zero-order valence-corrected chi connectivity index (χ0v) is 27.3. The molecule has 0 aliphatic heterocycles. The van der Waals surface area contributed by atoms with E-state index in [4.69, 9.17) is 0 Å². The SMILES string of the molecule is O=C(COC(=O)C12CC3CC(C1)C(=O)C(C3)C2)OC(C(F)(F)F)C(F)(F)S(=O)(=O)[O-].c1ccc([S+](c2ccccc2)c2ccccc2)cc1. The van der Waals surface area contributed by atoms with Crippen molar-refractivity contribution in [3.05, 3.63) is 91.0 Å². The maximum atomic E-state index is 13.4. The molecule has 4 fully saturated rings. The van der Waals surface area contributed by atoms with Crippen LogP contribution in [0, 0.1) is 23.2 Å². The minimum atomic E-state index is -6.82. The smallest absolute Gasteiger partial charge is 0.432 e. The Morgan fingerprint density at radius 1 is 0.796 bits per heavy atom. The topological polar surface area (TPSA) is 127 Å². The summed E-state index contributed by atoms with van der Waals surface area (Å²) in [6, 6.07) is 32.2. The van der Waals surface area contributed by atoms with E-state index < -0.39 is 51.6 Å². The van der Waals surface area contributed by atoms with E-state index in [0.29, 0.717) is 19.3 Å². The molecule has 15 heteroatoms. The summed E-state index contributed by atoms with van der Waals surface area (Å²) in [5, 5.41) is -5.98. The Labute approximate surface area is 282 Å². The van der Waals surface area contributed by atoms with Crippen molar-refractivity contribution in [2.75, 3.05) is 6.61 Å². The number of carbonyl (C=O) groups excluding carboxylic acids is 3. The van der Waals surface area contributed by atoms with Gasteiger partial charge < -0.3 is 14.0 Å². The molecule has 3 unspecified atom stereocenters. The van der Waals surface area contributed by atoms with Crippen LogP contribution < -0.4 is 0 Å². The molecule has 0 spiro atoms. The van der Waals surface area contributed by atoms with Crippen LogP contribution in [0.3, 0.4) is 0 Å². The number of rotatable bonds is 9. The van der Waals surface area contributed by atoms with Crippen LogP contribution in [-0.4, -0.2) is 54.8 Å². The van der Waals surface area contributed by atoms with Crippen molar-refractivity contribution in [3.63, 3.8) is 0 Å². The van der Waals surface area contributed by atoms with Gasteiger partial charge in [0.15, 0.2) is 31.4 Å². The van der Waals surface area contributed by atoms with E-state index in [1.165, 1.54) is 14.7 Å². The predicted molar refractivity (Wildman–Crippen MR) is 164 cm³/mol. The van der Waals surface area contributed by atoms with Crippen molar-refractivity contribution in [1.82, 2.24) is 0 Å². The third-order valence-corrected chi connectivity index (χ3v) is 12.0. The van der Waals surface area contributed by atoms with E-state index in [9.17, 15) is 49.3 Å². The Balaban J connectivity index is 0.000000211. The lowest BCUT2D eigenvalue weighted by molar-refractivity contribution is -0.260. The summed E-state index contributed by atoms with van der Waals surface area (Å²) in [6.45, 7) is -1.49. The number of benzene rings is 3. The first kappa shape index (κ1) is 36.5. The van der Waals surface area contributed by atoms with Gasteiger partial charge in [-0.1, -0.05) is 54.6 Å². The van der Waals surface area contributed by atoms with Gasteiger partial charge >= 0.3 is 23.4 Å². The average molecular weight is 727 g/mol. The van der Waals surface area contributed by atoms with Crippen LogP contribution in [0.15, 0.2) is 106 Å². The molecule has 0 radical (unpaired) electrons. The molecule has 0 aromatic heterocycles. The Morgan fingerprint density at radius 2 is 1.22 bits per heavy atom. The second-order valence-electron chi connectivity index (χ2n) is 12.3. The van der Waals surface area contributed by atoms with Crippen LogP contribution in [0.5, 0.6) is 0 Å². The van der Waals surface area contributed by atoms with Crippen molar-refractivity contribution in [2.45, 2.75) is 64.3 Å². The minimum absolute atomic E-state index is 0.0146. The van der Waals surface area contributed by atoms with Gasteiger partial charge in [-0.05, 0) is 74.4 Å². The highest BCUT2D eigenvalue weighted by Gasteiger charge is 2.63. The van der Waals surface area contributed by atoms with Gasteiger partial charge in [-0.25, -0.2) is 13.2 Å². The van der Waals surface area contributed by atoms with Gasteiger partial charge in [0.05, 0.1) is 16.3 Å². The fourth-order valence-corrected chi connectivity index (χ4v) is 9.52. The van der Waals surface area contributed by atoms with E-state index in [-0.39, 0.29) is 47.3 Å². The molecule has 49 heavy (non-hydrogen) atoms. The number of Topliss-reactive ketones (excluding diaryl/α,β-unsaturated/α-hetero) is 1. The first-order chi connectivity index (χ1) is 23.0.